The summed E-state index contributed by atoms with van der Waals surface area (Å²) in [5, 5.41) is 16.0. The second kappa shape index (κ2) is 4.87. The standard InChI is InChI=1S/C12H12FN3O2/c1-16(7-8-5-14-15-6-8)12(18)10-4-9(13)2-3-11(10)17/h2-6,17H,7H2,1H3,(H,14,15). The number of halogens is 1. The van der Waals surface area contributed by atoms with Crippen LogP contribution in [0.3, 0.4) is 0 Å². The van der Waals surface area contributed by atoms with Gasteiger partial charge in [-0.1, -0.05) is 0 Å². The lowest BCUT2D eigenvalue weighted by molar-refractivity contribution is 0.0781. The third-order valence-electron chi connectivity index (χ3n) is 2.51. The molecule has 0 radical (unpaired) electrons. The van der Waals surface area contributed by atoms with E-state index >= 15 is 0 Å². The maximum atomic E-state index is 13.1. The van der Waals surface area contributed by atoms with Gasteiger partial charge in [0, 0.05) is 25.4 Å². The Morgan fingerprint density at radius 1 is 1.56 bits per heavy atom. The van der Waals surface area contributed by atoms with Crippen LogP contribution in [0.15, 0.2) is 30.6 Å². The van der Waals surface area contributed by atoms with Crippen molar-refractivity contribution in [2.24, 2.45) is 0 Å². The van der Waals surface area contributed by atoms with Gasteiger partial charge in [0.1, 0.15) is 11.6 Å². The lowest BCUT2D eigenvalue weighted by atomic mass is 10.1. The van der Waals surface area contributed by atoms with Gasteiger partial charge in [-0.2, -0.15) is 5.10 Å². The number of aromatic hydroxyl groups is 1. The fourth-order valence-electron chi connectivity index (χ4n) is 1.59. The molecule has 1 aromatic heterocycles. The molecule has 0 aliphatic rings. The van der Waals surface area contributed by atoms with E-state index in [0.29, 0.717) is 6.54 Å². The van der Waals surface area contributed by atoms with Crippen LogP contribution in [-0.2, 0) is 6.54 Å². The quantitative estimate of drug-likeness (QED) is 0.866. The predicted molar refractivity (Wildman–Crippen MR) is 62.5 cm³/mol. The molecule has 0 spiro atoms. The average molecular weight is 249 g/mol. The van der Waals surface area contributed by atoms with Crippen molar-refractivity contribution in [1.29, 1.82) is 0 Å². The highest BCUT2D eigenvalue weighted by molar-refractivity contribution is 5.96. The number of phenols is 1. The first-order chi connectivity index (χ1) is 8.58. The topological polar surface area (TPSA) is 69.2 Å². The highest BCUT2D eigenvalue weighted by Crippen LogP contribution is 2.20. The molecule has 5 nitrogen and oxygen atoms in total. The minimum Gasteiger partial charge on any atom is -0.507 e. The molecule has 0 aliphatic carbocycles. The van der Waals surface area contributed by atoms with Crippen molar-refractivity contribution in [2.75, 3.05) is 7.05 Å². The summed E-state index contributed by atoms with van der Waals surface area (Å²) in [7, 11) is 1.57. The Morgan fingerprint density at radius 2 is 2.33 bits per heavy atom. The number of aromatic amines is 1. The lowest BCUT2D eigenvalue weighted by Gasteiger charge is -2.16. The molecule has 1 aromatic carbocycles. The molecule has 2 rings (SSSR count). The van der Waals surface area contributed by atoms with Gasteiger partial charge in [0.25, 0.3) is 5.91 Å². The summed E-state index contributed by atoms with van der Waals surface area (Å²) in [6, 6.07) is 3.28. The largest absolute Gasteiger partial charge is 0.507 e. The Hall–Kier alpha value is -2.37. The number of hydrogen-bond donors (Lipinski definition) is 2. The van der Waals surface area contributed by atoms with Gasteiger partial charge in [-0.05, 0) is 18.2 Å². The number of amides is 1. The number of carbonyl (C=O) groups excluding carboxylic acids is 1. The van der Waals surface area contributed by atoms with E-state index in [1.54, 1.807) is 19.4 Å². The molecular formula is C12H12FN3O2. The van der Waals surface area contributed by atoms with E-state index in [1.165, 1.54) is 4.90 Å². The van der Waals surface area contributed by atoms with E-state index in [-0.39, 0.29) is 11.3 Å². The number of phenolic OH excluding ortho intramolecular Hbond substituents is 1. The fourth-order valence-corrected chi connectivity index (χ4v) is 1.59. The minimum atomic E-state index is -0.562. The molecule has 1 amide bonds. The van der Waals surface area contributed by atoms with Gasteiger partial charge in [0.15, 0.2) is 0 Å². The zero-order valence-corrected chi connectivity index (χ0v) is 9.72. The number of aromatic nitrogens is 2. The summed E-state index contributed by atoms with van der Waals surface area (Å²) in [4.78, 5) is 13.4. The van der Waals surface area contributed by atoms with Crippen molar-refractivity contribution in [3.63, 3.8) is 0 Å². The number of hydrogen-bond acceptors (Lipinski definition) is 3. The number of rotatable bonds is 3. The zero-order chi connectivity index (χ0) is 13.1. The molecule has 0 bridgehead atoms. The van der Waals surface area contributed by atoms with Gasteiger partial charge in [-0.3, -0.25) is 9.89 Å². The van der Waals surface area contributed by atoms with Crippen molar-refractivity contribution in [3.05, 3.63) is 47.5 Å². The molecule has 18 heavy (non-hydrogen) atoms. The first-order valence-electron chi connectivity index (χ1n) is 5.29. The molecule has 0 atom stereocenters. The zero-order valence-electron chi connectivity index (χ0n) is 9.72. The molecule has 2 N–H and O–H groups in total. The summed E-state index contributed by atoms with van der Waals surface area (Å²) in [5.41, 5.74) is 0.766. The highest BCUT2D eigenvalue weighted by Gasteiger charge is 2.17. The van der Waals surface area contributed by atoms with Crippen LogP contribution < -0.4 is 0 Å². The van der Waals surface area contributed by atoms with Crippen molar-refractivity contribution < 1.29 is 14.3 Å². The molecule has 0 saturated carbocycles. The molecule has 0 unspecified atom stereocenters. The van der Waals surface area contributed by atoms with E-state index in [0.717, 1.165) is 23.8 Å². The third-order valence-corrected chi connectivity index (χ3v) is 2.51. The van der Waals surface area contributed by atoms with Crippen LogP contribution in [0.25, 0.3) is 0 Å². The van der Waals surface area contributed by atoms with Gasteiger partial charge in [0.05, 0.1) is 11.8 Å². The maximum absolute atomic E-state index is 13.1. The molecular weight excluding hydrogens is 237 g/mol. The van der Waals surface area contributed by atoms with Crippen LogP contribution in [0.1, 0.15) is 15.9 Å². The third kappa shape index (κ3) is 2.48. The van der Waals surface area contributed by atoms with Gasteiger partial charge in [-0.25, -0.2) is 4.39 Å². The van der Waals surface area contributed by atoms with Crippen molar-refractivity contribution >= 4 is 5.91 Å². The number of H-pyrrole nitrogens is 1. The van der Waals surface area contributed by atoms with Crippen LogP contribution in [0.5, 0.6) is 5.75 Å². The highest BCUT2D eigenvalue weighted by atomic mass is 19.1. The first kappa shape index (κ1) is 12.1. The van der Waals surface area contributed by atoms with Gasteiger partial charge in [0.2, 0.25) is 0 Å². The van der Waals surface area contributed by atoms with E-state index in [4.69, 9.17) is 0 Å². The van der Waals surface area contributed by atoms with E-state index in [2.05, 4.69) is 10.2 Å². The summed E-state index contributed by atoms with van der Waals surface area (Å²) >= 11 is 0. The van der Waals surface area contributed by atoms with Crippen molar-refractivity contribution in [2.45, 2.75) is 6.54 Å². The molecule has 0 saturated heterocycles. The fraction of sp³-hybridized carbons (Fsp3) is 0.167. The Balaban J connectivity index is 2.17. The van der Waals surface area contributed by atoms with Crippen LogP contribution in [0.4, 0.5) is 4.39 Å². The molecule has 0 aliphatic heterocycles. The maximum Gasteiger partial charge on any atom is 0.257 e. The molecule has 6 heteroatoms. The Kier molecular flexibility index (Phi) is 3.27. The Morgan fingerprint density at radius 3 is 3.00 bits per heavy atom. The molecule has 2 aromatic rings. The number of carbonyl (C=O) groups is 1. The Bertz CT molecular complexity index is 554. The number of nitrogens with one attached hydrogen (secondary N) is 1. The molecule has 94 valence electrons. The molecule has 1 heterocycles. The average Bonchev–Trinajstić information content (AvgIpc) is 2.84. The monoisotopic (exact) mass is 249 g/mol. The normalized spacial score (nSPS) is 10.3. The summed E-state index contributed by atoms with van der Waals surface area (Å²) < 4.78 is 13.1. The molecule has 0 fully saturated rings. The van der Waals surface area contributed by atoms with Crippen LogP contribution in [0, 0.1) is 5.82 Å². The van der Waals surface area contributed by atoms with Gasteiger partial charge in [-0.15, -0.1) is 0 Å². The SMILES string of the molecule is CN(Cc1cn[nH]c1)C(=O)c1cc(F)ccc1O. The smallest absolute Gasteiger partial charge is 0.257 e. The van der Waals surface area contributed by atoms with Crippen LogP contribution in [-0.4, -0.2) is 33.2 Å². The second-order valence-corrected chi connectivity index (χ2v) is 3.93. The summed E-state index contributed by atoms with van der Waals surface area (Å²) in [5.74, 6) is -1.25. The second-order valence-electron chi connectivity index (χ2n) is 3.93. The van der Waals surface area contributed by atoms with E-state index in [9.17, 15) is 14.3 Å². The van der Waals surface area contributed by atoms with Crippen LogP contribution >= 0.6 is 0 Å². The van der Waals surface area contributed by atoms with Gasteiger partial charge >= 0.3 is 0 Å². The first-order valence-corrected chi connectivity index (χ1v) is 5.29. The van der Waals surface area contributed by atoms with Crippen molar-refractivity contribution in [3.8, 4) is 5.75 Å². The lowest BCUT2D eigenvalue weighted by Crippen LogP contribution is -2.26. The van der Waals surface area contributed by atoms with E-state index in [1.807, 2.05) is 0 Å². The minimum absolute atomic E-state index is 0.0546. The van der Waals surface area contributed by atoms with E-state index < -0.39 is 11.7 Å². The van der Waals surface area contributed by atoms with Crippen molar-refractivity contribution in [1.82, 2.24) is 15.1 Å². The van der Waals surface area contributed by atoms with Gasteiger partial charge < -0.3 is 10.0 Å². The Labute approximate surface area is 103 Å². The van der Waals surface area contributed by atoms with Crippen LogP contribution in [0.2, 0.25) is 0 Å². The predicted octanol–water partition coefficient (Wildman–Crippen LogP) is 1.53. The summed E-state index contributed by atoms with van der Waals surface area (Å²) in [6.07, 6.45) is 3.25. The summed E-state index contributed by atoms with van der Waals surface area (Å²) in [6.45, 7) is 0.325. The number of nitrogens with zero attached hydrogens (tertiary/aromatic N) is 2. The number of benzene rings is 1.